The summed E-state index contributed by atoms with van der Waals surface area (Å²) >= 11 is 0. The molecule has 27 heavy (non-hydrogen) atoms. The summed E-state index contributed by atoms with van der Waals surface area (Å²) in [6, 6.07) is 15.1. The average Bonchev–Trinajstić information content (AvgIpc) is 3.11. The molecular weight excluding hydrogens is 352 g/mol. The van der Waals surface area contributed by atoms with Crippen molar-refractivity contribution in [1.29, 1.82) is 0 Å². The van der Waals surface area contributed by atoms with Gasteiger partial charge in [-0.3, -0.25) is 9.48 Å². The van der Waals surface area contributed by atoms with Crippen molar-refractivity contribution < 1.29 is 18.3 Å². The predicted octanol–water partition coefficient (Wildman–Crippen LogP) is 3.40. The largest absolute Gasteiger partial charge is 0.472 e. The minimum atomic E-state index is -1.12. The van der Waals surface area contributed by atoms with Gasteiger partial charge >= 0.3 is 0 Å². The van der Waals surface area contributed by atoms with Crippen LogP contribution in [-0.2, 0) is 19.7 Å². The summed E-state index contributed by atoms with van der Waals surface area (Å²) < 4.78 is 34.8. The molecule has 0 unspecified atom stereocenters. The SMILES string of the molecule is O=C(c1cccc(F)c1F)N1CCn2nc(OCc3ccccc3)cc2C1. The van der Waals surface area contributed by atoms with E-state index in [9.17, 15) is 13.6 Å². The van der Waals surface area contributed by atoms with E-state index in [0.717, 1.165) is 17.3 Å². The van der Waals surface area contributed by atoms with Crippen LogP contribution in [0.15, 0.2) is 54.6 Å². The molecule has 1 amide bonds. The van der Waals surface area contributed by atoms with Crippen molar-refractivity contribution >= 4 is 5.91 Å². The molecule has 138 valence electrons. The van der Waals surface area contributed by atoms with Crippen molar-refractivity contribution in [2.24, 2.45) is 0 Å². The van der Waals surface area contributed by atoms with E-state index < -0.39 is 17.5 Å². The van der Waals surface area contributed by atoms with Gasteiger partial charge in [0.1, 0.15) is 6.61 Å². The van der Waals surface area contributed by atoms with Gasteiger partial charge in [0.05, 0.1) is 24.3 Å². The predicted molar refractivity (Wildman–Crippen MR) is 94.1 cm³/mol. The third-order valence-electron chi connectivity index (χ3n) is 4.47. The van der Waals surface area contributed by atoms with Gasteiger partial charge in [-0.15, -0.1) is 5.10 Å². The lowest BCUT2D eigenvalue weighted by molar-refractivity contribution is 0.0700. The van der Waals surface area contributed by atoms with Gasteiger partial charge in [0.25, 0.3) is 5.91 Å². The van der Waals surface area contributed by atoms with Gasteiger partial charge in [0, 0.05) is 12.6 Å². The van der Waals surface area contributed by atoms with E-state index >= 15 is 0 Å². The van der Waals surface area contributed by atoms with E-state index in [1.54, 1.807) is 10.7 Å². The van der Waals surface area contributed by atoms with Gasteiger partial charge in [-0.05, 0) is 17.7 Å². The van der Waals surface area contributed by atoms with E-state index in [4.69, 9.17) is 4.74 Å². The molecule has 2 heterocycles. The van der Waals surface area contributed by atoms with Crippen LogP contribution < -0.4 is 4.74 Å². The Kier molecular flexibility index (Phi) is 4.58. The minimum absolute atomic E-state index is 0.260. The molecule has 0 aliphatic carbocycles. The number of amides is 1. The van der Waals surface area contributed by atoms with E-state index in [2.05, 4.69) is 5.10 Å². The second-order valence-corrected chi connectivity index (χ2v) is 6.30. The molecule has 0 spiro atoms. The van der Waals surface area contributed by atoms with Crippen LogP contribution in [0.3, 0.4) is 0 Å². The summed E-state index contributed by atoms with van der Waals surface area (Å²) in [6.07, 6.45) is 0. The third-order valence-corrected chi connectivity index (χ3v) is 4.47. The third kappa shape index (κ3) is 3.53. The zero-order valence-corrected chi connectivity index (χ0v) is 14.4. The van der Waals surface area contributed by atoms with E-state index in [-0.39, 0.29) is 12.1 Å². The first-order chi connectivity index (χ1) is 13.1. The van der Waals surface area contributed by atoms with Crippen LogP contribution >= 0.6 is 0 Å². The number of fused-ring (bicyclic) bond motifs is 1. The second-order valence-electron chi connectivity index (χ2n) is 6.30. The van der Waals surface area contributed by atoms with Crippen molar-refractivity contribution in [2.45, 2.75) is 19.7 Å². The quantitative estimate of drug-likeness (QED) is 0.708. The number of carbonyl (C=O) groups excluding carboxylic acids is 1. The summed E-state index contributed by atoms with van der Waals surface area (Å²) in [5, 5.41) is 4.39. The Morgan fingerprint density at radius 3 is 2.70 bits per heavy atom. The maximum absolute atomic E-state index is 13.9. The first kappa shape index (κ1) is 17.2. The summed E-state index contributed by atoms with van der Waals surface area (Å²) in [5.74, 6) is -2.21. The highest BCUT2D eigenvalue weighted by molar-refractivity contribution is 5.94. The number of rotatable bonds is 4. The first-order valence-electron chi connectivity index (χ1n) is 8.58. The molecular formula is C20H17F2N3O2. The lowest BCUT2D eigenvalue weighted by Crippen LogP contribution is -2.38. The molecule has 0 radical (unpaired) electrons. The van der Waals surface area contributed by atoms with Crippen LogP contribution in [0.5, 0.6) is 5.88 Å². The maximum Gasteiger partial charge on any atom is 0.257 e. The van der Waals surface area contributed by atoms with E-state index in [0.29, 0.717) is 25.6 Å². The molecule has 0 N–H and O–H groups in total. The van der Waals surface area contributed by atoms with Crippen molar-refractivity contribution in [2.75, 3.05) is 6.54 Å². The summed E-state index contributed by atoms with van der Waals surface area (Å²) in [7, 11) is 0. The molecule has 0 fully saturated rings. The zero-order chi connectivity index (χ0) is 18.8. The Hall–Kier alpha value is -3.22. The Bertz CT molecular complexity index is 973. The molecule has 1 aromatic heterocycles. The Morgan fingerprint density at radius 1 is 1.07 bits per heavy atom. The highest BCUT2D eigenvalue weighted by atomic mass is 19.2. The molecule has 4 rings (SSSR count). The number of hydrogen-bond acceptors (Lipinski definition) is 3. The smallest absolute Gasteiger partial charge is 0.257 e. The first-order valence-corrected chi connectivity index (χ1v) is 8.58. The monoisotopic (exact) mass is 369 g/mol. The number of halogens is 2. The number of benzene rings is 2. The highest BCUT2D eigenvalue weighted by Gasteiger charge is 2.26. The molecule has 7 heteroatoms. The molecule has 0 bridgehead atoms. The van der Waals surface area contributed by atoms with Crippen molar-refractivity contribution in [3.63, 3.8) is 0 Å². The molecule has 3 aromatic rings. The fraction of sp³-hybridized carbons (Fsp3) is 0.200. The molecule has 0 saturated carbocycles. The summed E-state index contributed by atoms with van der Waals surface area (Å²) in [5.41, 5.74) is 1.56. The molecule has 0 atom stereocenters. The number of ether oxygens (including phenoxy) is 1. The van der Waals surface area contributed by atoms with Crippen molar-refractivity contribution in [1.82, 2.24) is 14.7 Å². The fourth-order valence-electron chi connectivity index (χ4n) is 3.05. The molecule has 5 nitrogen and oxygen atoms in total. The van der Waals surface area contributed by atoms with Crippen LogP contribution in [0.25, 0.3) is 0 Å². The molecule has 2 aromatic carbocycles. The van der Waals surface area contributed by atoms with Gasteiger partial charge in [-0.25, -0.2) is 8.78 Å². The van der Waals surface area contributed by atoms with Crippen LogP contribution in [-0.4, -0.2) is 27.1 Å². The summed E-state index contributed by atoms with van der Waals surface area (Å²) in [6.45, 7) is 1.49. The Balaban J connectivity index is 1.46. The van der Waals surface area contributed by atoms with Crippen LogP contribution in [0.4, 0.5) is 8.78 Å². The van der Waals surface area contributed by atoms with E-state index in [1.165, 1.54) is 17.0 Å². The topological polar surface area (TPSA) is 47.4 Å². The lowest BCUT2D eigenvalue weighted by Gasteiger charge is -2.27. The molecule has 1 aliphatic heterocycles. The standard InChI is InChI=1S/C20H17F2N3O2/c21-17-8-4-7-16(19(17)22)20(26)24-9-10-25-15(12-24)11-18(23-25)27-13-14-5-2-1-3-6-14/h1-8,11H,9-10,12-13H2. The van der Waals surface area contributed by atoms with Gasteiger partial charge in [-0.2, -0.15) is 0 Å². The zero-order valence-electron chi connectivity index (χ0n) is 14.4. The Morgan fingerprint density at radius 2 is 1.89 bits per heavy atom. The number of hydrogen-bond donors (Lipinski definition) is 0. The van der Waals surface area contributed by atoms with Gasteiger partial charge in [0.15, 0.2) is 11.6 Å². The molecule has 1 aliphatic rings. The van der Waals surface area contributed by atoms with E-state index in [1.807, 2.05) is 30.3 Å². The van der Waals surface area contributed by atoms with Gasteiger partial charge in [0.2, 0.25) is 5.88 Å². The minimum Gasteiger partial charge on any atom is -0.472 e. The highest BCUT2D eigenvalue weighted by Crippen LogP contribution is 2.22. The molecule has 0 saturated heterocycles. The average molecular weight is 369 g/mol. The Labute approximate surface area is 154 Å². The lowest BCUT2D eigenvalue weighted by atomic mass is 10.1. The maximum atomic E-state index is 13.9. The number of aromatic nitrogens is 2. The van der Waals surface area contributed by atoms with Crippen LogP contribution in [0.1, 0.15) is 21.6 Å². The van der Waals surface area contributed by atoms with Crippen molar-refractivity contribution in [3.8, 4) is 5.88 Å². The van der Waals surface area contributed by atoms with Crippen molar-refractivity contribution in [3.05, 3.63) is 83.1 Å². The normalized spacial score (nSPS) is 13.3. The fourth-order valence-corrected chi connectivity index (χ4v) is 3.05. The van der Waals surface area contributed by atoms with Gasteiger partial charge in [-0.1, -0.05) is 36.4 Å². The summed E-state index contributed by atoms with van der Waals surface area (Å²) in [4.78, 5) is 14.0. The van der Waals surface area contributed by atoms with Crippen LogP contribution in [0, 0.1) is 11.6 Å². The second kappa shape index (κ2) is 7.19. The number of carbonyl (C=O) groups is 1. The van der Waals surface area contributed by atoms with Crippen LogP contribution in [0.2, 0.25) is 0 Å². The number of nitrogens with zero attached hydrogens (tertiary/aromatic N) is 3. The van der Waals surface area contributed by atoms with Gasteiger partial charge < -0.3 is 9.64 Å².